The van der Waals surface area contributed by atoms with E-state index in [-0.39, 0.29) is 0 Å². The minimum Gasteiger partial charge on any atom is -0.399 e. The summed E-state index contributed by atoms with van der Waals surface area (Å²) in [6.45, 7) is 2.12. The number of nitrogen functional groups attached to an aromatic ring is 1. The fourth-order valence-corrected chi connectivity index (χ4v) is 2.31. The van der Waals surface area contributed by atoms with Gasteiger partial charge in [-0.25, -0.2) is 0 Å². The van der Waals surface area contributed by atoms with Crippen LogP contribution in [0, 0.1) is 18.8 Å². The minimum atomic E-state index is 0.741. The van der Waals surface area contributed by atoms with E-state index in [1.807, 2.05) is 30.3 Å². The molecule has 0 unspecified atom stereocenters. The molecule has 0 fully saturated rings. The summed E-state index contributed by atoms with van der Waals surface area (Å²) in [5, 5.41) is 2.45. The van der Waals surface area contributed by atoms with Gasteiger partial charge in [-0.15, -0.1) is 0 Å². The number of benzene rings is 3. The van der Waals surface area contributed by atoms with Gasteiger partial charge in [0.2, 0.25) is 0 Å². The lowest BCUT2D eigenvalue weighted by atomic mass is 10.0. The van der Waals surface area contributed by atoms with Crippen molar-refractivity contribution in [2.75, 3.05) is 5.73 Å². The molecule has 0 heterocycles. The smallest absolute Gasteiger partial charge is 0.0327 e. The molecule has 0 saturated carbocycles. The molecule has 0 amide bonds. The van der Waals surface area contributed by atoms with Gasteiger partial charge in [0.1, 0.15) is 0 Å². The maximum absolute atomic E-state index is 5.77. The van der Waals surface area contributed by atoms with E-state index in [1.165, 1.54) is 16.3 Å². The summed E-state index contributed by atoms with van der Waals surface area (Å²) in [4.78, 5) is 0. The van der Waals surface area contributed by atoms with Gasteiger partial charge in [0.25, 0.3) is 0 Å². The molecule has 0 aliphatic carbocycles. The fraction of sp³-hybridized carbons (Fsp3) is 0.0526. The second-order valence-corrected chi connectivity index (χ2v) is 4.85. The highest BCUT2D eigenvalue weighted by Gasteiger charge is 2.00. The molecule has 0 spiro atoms. The van der Waals surface area contributed by atoms with E-state index in [9.17, 15) is 0 Å². The molecule has 1 nitrogen and oxygen atoms in total. The molecule has 1 heteroatoms. The number of nitrogens with two attached hydrogens (primary N) is 1. The van der Waals surface area contributed by atoms with Crippen molar-refractivity contribution in [2.24, 2.45) is 0 Å². The standard InChI is InChI=1S/C19H15N/c1-14-9-11-16(19-8-3-2-7-18(14)19)12-10-15-5-4-6-17(20)13-15/h2-9,11,13H,20H2,1H3. The molecule has 0 aromatic heterocycles. The zero-order valence-corrected chi connectivity index (χ0v) is 11.4. The molecule has 3 aromatic carbocycles. The Hall–Kier alpha value is -2.72. The molecule has 0 bridgehead atoms. The van der Waals surface area contributed by atoms with E-state index in [0.29, 0.717) is 0 Å². The Morgan fingerprint density at radius 3 is 2.40 bits per heavy atom. The van der Waals surface area contributed by atoms with Gasteiger partial charge in [-0.05, 0) is 47.5 Å². The first-order valence-corrected chi connectivity index (χ1v) is 6.60. The Balaban J connectivity index is 2.11. The average molecular weight is 257 g/mol. The summed E-state index contributed by atoms with van der Waals surface area (Å²) >= 11 is 0. The van der Waals surface area contributed by atoms with E-state index < -0.39 is 0 Å². The summed E-state index contributed by atoms with van der Waals surface area (Å²) in [6, 6.07) is 20.2. The molecular formula is C19H15N. The van der Waals surface area contributed by atoms with Crippen LogP contribution in [0.3, 0.4) is 0 Å². The third kappa shape index (κ3) is 2.37. The first-order chi connectivity index (χ1) is 9.74. The summed E-state index contributed by atoms with van der Waals surface area (Å²) < 4.78 is 0. The molecule has 3 aromatic rings. The Labute approximate surface area is 119 Å². The van der Waals surface area contributed by atoms with Gasteiger partial charge in [-0.2, -0.15) is 0 Å². The van der Waals surface area contributed by atoms with Crippen LogP contribution >= 0.6 is 0 Å². The predicted molar refractivity (Wildman–Crippen MR) is 85.5 cm³/mol. The van der Waals surface area contributed by atoms with Gasteiger partial charge in [0.15, 0.2) is 0 Å². The van der Waals surface area contributed by atoms with Crippen LogP contribution in [0.1, 0.15) is 16.7 Å². The Morgan fingerprint density at radius 2 is 1.60 bits per heavy atom. The van der Waals surface area contributed by atoms with Gasteiger partial charge in [-0.1, -0.05) is 48.2 Å². The Kier molecular flexibility index (Phi) is 3.15. The van der Waals surface area contributed by atoms with Crippen LogP contribution in [0.4, 0.5) is 5.69 Å². The van der Waals surface area contributed by atoms with Gasteiger partial charge < -0.3 is 5.73 Å². The highest BCUT2D eigenvalue weighted by atomic mass is 14.5. The minimum absolute atomic E-state index is 0.741. The molecule has 20 heavy (non-hydrogen) atoms. The topological polar surface area (TPSA) is 26.0 Å². The lowest BCUT2D eigenvalue weighted by Crippen LogP contribution is -1.85. The number of fused-ring (bicyclic) bond motifs is 1. The van der Waals surface area contributed by atoms with E-state index in [2.05, 4.69) is 49.1 Å². The Morgan fingerprint density at radius 1 is 0.800 bits per heavy atom. The SMILES string of the molecule is Cc1ccc(C#Cc2cccc(N)c2)c2ccccc12. The second-order valence-electron chi connectivity index (χ2n) is 4.85. The lowest BCUT2D eigenvalue weighted by molar-refractivity contribution is 1.52. The normalized spacial score (nSPS) is 10.1. The number of aryl methyl sites for hydroxylation is 1. The van der Waals surface area contributed by atoms with Crippen molar-refractivity contribution in [3.05, 3.63) is 77.4 Å². The highest BCUT2D eigenvalue weighted by Crippen LogP contribution is 2.21. The average Bonchev–Trinajstić information content (AvgIpc) is 2.47. The molecule has 96 valence electrons. The van der Waals surface area contributed by atoms with Crippen molar-refractivity contribution in [2.45, 2.75) is 6.92 Å². The van der Waals surface area contributed by atoms with Crippen molar-refractivity contribution in [1.29, 1.82) is 0 Å². The van der Waals surface area contributed by atoms with Gasteiger partial charge in [-0.3, -0.25) is 0 Å². The monoisotopic (exact) mass is 257 g/mol. The second kappa shape index (κ2) is 5.11. The molecule has 0 aliphatic heterocycles. The van der Waals surface area contributed by atoms with Crippen molar-refractivity contribution >= 4 is 16.5 Å². The summed E-state index contributed by atoms with van der Waals surface area (Å²) in [5.41, 5.74) is 9.77. The van der Waals surface area contributed by atoms with Crippen molar-refractivity contribution in [3.8, 4) is 11.8 Å². The summed E-state index contributed by atoms with van der Waals surface area (Å²) in [7, 11) is 0. The first kappa shape index (κ1) is 12.3. The van der Waals surface area contributed by atoms with E-state index in [1.54, 1.807) is 0 Å². The molecular weight excluding hydrogens is 242 g/mol. The number of anilines is 1. The van der Waals surface area contributed by atoms with Crippen molar-refractivity contribution in [3.63, 3.8) is 0 Å². The van der Waals surface area contributed by atoms with Crippen LogP contribution < -0.4 is 5.73 Å². The summed E-state index contributed by atoms with van der Waals surface area (Å²) in [5.74, 6) is 6.44. The number of hydrogen-bond acceptors (Lipinski definition) is 1. The highest BCUT2D eigenvalue weighted by molar-refractivity contribution is 5.90. The van der Waals surface area contributed by atoms with Crippen LogP contribution in [-0.4, -0.2) is 0 Å². The fourth-order valence-electron chi connectivity index (χ4n) is 2.31. The largest absolute Gasteiger partial charge is 0.399 e. The third-order valence-electron chi connectivity index (χ3n) is 3.37. The Bertz CT molecular complexity index is 835. The molecule has 0 radical (unpaired) electrons. The molecule has 0 saturated heterocycles. The van der Waals surface area contributed by atoms with E-state index in [4.69, 9.17) is 5.73 Å². The van der Waals surface area contributed by atoms with Crippen LogP contribution in [0.5, 0.6) is 0 Å². The number of rotatable bonds is 0. The molecule has 2 N–H and O–H groups in total. The van der Waals surface area contributed by atoms with Gasteiger partial charge >= 0.3 is 0 Å². The van der Waals surface area contributed by atoms with E-state index >= 15 is 0 Å². The van der Waals surface area contributed by atoms with Gasteiger partial charge in [0.05, 0.1) is 0 Å². The van der Waals surface area contributed by atoms with E-state index in [0.717, 1.165) is 16.8 Å². The zero-order chi connectivity index (χ0) is 13.9. The zero-order valence-electron chi connectivity index (χ0n) is 11.4. The van der Waals surface area contributed by atoms with Crippen LogP contribution in [0.2, 0.25) is 0 Å². The van der Waals surface area contributed by atoms with Crippen LogP contribution in [0.25, 0.3) is 10.8 Å². The van der Waals surface area contributed by atoms with Crippen molar-refractivity contribution in [1.82, 2.24) is 0 Å². The third-order valence-corrected chi connectivity index (χ3v) is 3.37. The first-order valence-electron chi connectivity index (χ1n) is 6.60. The maximum Gasteiger partial charge on any atom is 0.0327 e. The van der Waals surface area contributed by atoms with Crippen molar-refractivity contribution < 1.29 is 0 Å². The van der Waals surface area contributed by atoms with Crippen LogP contribution in [-0.2, 0) is 0 Å². The molecule has 3 rings (SSSR count). The lowest BCUT2D eigenvalue weighted by Gasteiger charge is -2.03. The van der Waals surface area contributed by atoms with Crippen LogP contribution in [0.15, 0.2) is 60.7 Å². The maximum atomic E-state index is 5.77. The number of hydrogen-bond donors (Lipinski definition) is 1. The predicted octanol–water partition coefficient (Wildman–Crippen LogP) is 4.13. The molecule has 0 atom stereocenters. The quantitative estimate of drug-likeness (QED) is 0.475. The summed E-state index contributed by atoms with van der Waals surface area (Å²) in [6.07, 6.45) is 0. The van der Waals surface area contributed by atoms with Gasteiger partial charge in [0, 0.05) is 16.8 Å². The molecule has 0 aliphatic rings.